The number of nitrogens with two attached hydrogens (primary N) is 1. The molecular weight excluding hydrogens is 340 g/mol. The second-order valence-electron chi connectivity index (χ2n) is 5.22. The van der Waals surface area contributed by atoms with Crippen LogP contribution in [0.2, 0.25) is 0 Å². The van der Waals surface area contributed by atoms with Crippen LogP contribution in [0.5, 0.6) is 0 Å². The number of nitro benzene ring substituents is 1. The minimum absolute atomic E-state index is 0.00713. The summed E-state index contributed by atoms with van der Waals surface area (Å²) < 4.78 is 5.52. The average molecular weight is 352 g/mol. The minimum Gasteiger partial charge on any atom is -0.436 e. The Hall–Kier alpha value is -4.01. The van der Waals surface area contributed by atoms with Gasteiger partial charge in [-0.15, -0.1) is 5.10 Å². The van der Waals surface area contributed by atoms with Gasteiger partial charge < -0.3 is 10.2 Å². The van der Waals surface area contributed by atoms with E-state index in [1.807, 2.05) is 0 Å². The summed E-state index contributed by atoms with van der Waals surface area (Å²) in [6, 6.07) is 13.4. The highest BCUT2D eigenvalue weighted by atomic mass is 16.6. The van der Waals surface area contributed by atoms with E-state index in [1.54, 1.807) is 24.3 Å². The lowest BCUT2D eigenvalue weighted by Gasteiger charge is -2.02. The summed E-state index contributed by atoms with van der Waals surface area (Å²) in [6.45, 7) is 0. The number of nitrogens with one attached hydrogen (secondary N) is 1. The first kappa shape index (κ1) is 16.8. The number of nitro groups is 1. The average Bonchev–Trinajstić information content (AvgIpc) is 2.65. The molecule has 0 saturated carbocycles. The fourth-order valence-corrected chi connectivity index (χ4v) is 2.23. The molecule has 2 aromatic carbocycles. The fraction of sp³-hybridized carbons (Fsp3) is 0. The molecule has 0 aliphatic heterocycles. The van der Waals surface area contributed by atoms with Crippen LogP contribution in [0.15, 0.2) is 64.1 Å². The summed E-state index contributed by atoms with van der Waals surface area (Å²) in [5, 5.41) is 15.1. The SMILES string of the molecule is NC(=O)c1cc2ccccc2o/c1=N\NC(=O)c1ccc([N+](=O)[O-])cc1. The number of benzene rings is 2. The summed E-state index contributed by atoms with van der Waals surface area (Å²) in [7, 11) is 0. The molecule has 0 fully saturated rings. The first-order chi connectivity index (χ1) is 12.5. The number of nitrogens with zero attached hydrogens (tertiary/aromatic N) is 2. The van der Waals surface area contributed by atoms with Crippen molar-refractivity contribution < 1.29 is 18.9 Å². The molecular formula is C17H12N4O5. The number of non-ortho nitro benzene ring substituents is 1. The number of carbonyl (C=O) groups is 2. The number of rotatable bonds is 4. The van der Waals surface area contributed by atoms with Crippen molar-refractivity contribution in [3.8, 4) is 0 Å². The van der Waals surface area contributed by atoms with Crippen LogP contribution in [-0.4, -0.2) is 16.7 Å². The van der Waals surface area contributed by atoms with Crippen LogP contribution in [-0.2, 0) is 0 Å². The van der Waals surface area contributed by atoms with Crippen LogP contribution in [0, 0.1) is 10.1 Å². The molecule has 0 aliphatic rings. The monoisotopic (exact) mass is 352 g/mol. The van der Waals surface area contributed by atoms with Gasteiger partial charge in [-0.2, -0.15) is 0 Å². The molecule has 9 heteroatoms. The molecule has 0 unspecified atom stereocenters. The van der Waals surface area contributed by atoms with Crippen LogP contribution in [0.3, 0.4) is 0 Å². The number of hydrogen-bond acceptors (Lipinski definition) is 6. The predicted molar refractivity (Wildman–Crippen MR) is 90.9 cm³/mol. The Morgan fingerprint density at radius 2 is 1.81 bits per heavy atom. The molecule has 0 radical (unpaired) electrons. The van der Waals surface area contributed by atoms with Crippen molar-refractivity contribution in [2.75, 3.05) is 0 Å². The predicted octanol–water partition coefficient (Wildman–Crippen LogP) is 1.69. The van der Waals surface area contributed by atoms with Crippen LogP contribution in [0.4, 0.5) is 5.69 Å². The Bertz CT molecular complexity index is 1090. The van der Waals surface area contributed by atoms with Gasteiger partial charge in [-0.1, -0.05) is 18.2 Å². The molecule has 1 heterocycles. The standard InChI is InChI=1S/C17H12N4O5/c18-15(22)13-9-11-3-1-2-4-14(11)26-17(13)20-19-16(23)10-5-7-12(8-6-10)21(24)25/h1-9H,(H2,18,22)(H,19,23)/b20-17-. The number of fused-ring (bicyclic) bond motifs is 1. The Balaban J connectivity index is 1.94. The molecule has 0 saturated heterocycles. The van der Waals surface area contributed by atoms with Gasteiger partial charge in [-0.05, 0) is 24.3 Å². The van der Waals surface area contributed by atoms with Crippen molar-refractivity contribution in [1.29, 1.82) is 0 Å². The lowest BCUT2D eigenvalue weighted by molar-refractivity contribution is -0.384. The number of hydrogen-bond donors (Lipinski definition) is 2. The summed E-state index contributed by atoms with van der Waals surface area (Å²) in [6.07, 6.45) is 0. The van der Waals surface area contributed by atoms with E-state index < -0.39 is 16.7 Å². The Morgan fingerprint density at radius 3 is 2.46 bits per heavy atom. The zero-order valence-electron chi connectivity index (χ0n) is 13.2. The molecule has 0 atom stereocenters. The van der Waals surface area contributed by atoms with Gasteiger partial charge in [0, 0.05) is 23.1 Å². The molecule has 26 heavy (non-hydrogen) atoms. The molecule has 9 nitrogen and oxygen atoms in total. The molecule has 3 rings (SSSR count). The Morgan fingerprint density at radius 1 is 1.12 bits per heavy atom. The minimum atomic E-state index is -0.761. The van der Waals surface area contributed by atoms with Crippen molar-refractivity contribution in [1.82, 2.24) is 5.43 Å². The molecule has 3 N–H and O–H groups in total. The van der Waals surface area contributed by atoms with Crippen LogP contribution < -0.4 is 16.7 Å². The highest BCUT2D eigenvalue weighted by Gasteiger charge is 2.11. The van der Waals surface area contributed by atoms with Crippen LogP contribution in [0.25, 0.3) is 11.0 Å². The number of amides is 2. The summed E-state index contributed by atoms with van der Waals surface area (Å²) >= 11 is 0. The van der Waals surface area contributed by atoms with Crippen molar-refractivity contribution in [3.05, 3.63) is 81.4 Å². The third kappa shape index (κ3) is 3.41. The topological polar surface area (TPSA) is 141 Å². The maximum absolute atomic E-state index is 12.1. The van der Waals surface area contributed by atoms with Gasteiger partial charge in [0.25, 0.3) is 17.5 Å². The lowest BCUT2D eigenvalue weighted by Crippen LogP contribution is -2.27. The zero-order chi connectivity index (χ0) is 18.7. The van der Waals surface area contributed by atoms with E-state index in [0.717, 1.165) is 0 Å². The molecule has 0 aliphatic carbocycles. The highest BCUT2D eigenvalue weighted by molar-refractivity contribution is 5.96. The van der Waals surface area contributed by atoms with E-state index in [4.69, 9.17) is 10.2 Å². The largest absolute Gasteiger partial charge is 0.436 e. The molecule has 130 valence electrons. The third-order valence-electron chi connectivity index (χ3n) is 3.52. The number of para-hydroxylation sites is 1. The Labute approximate surface area is 145 Å². The molecule has 0 bridgehead atoms. The second-order valence-corrected chi connectivity index (χ2v) is 5.22. The van der Waals surface area contributed by atoms with Gasteiger partial charge in [-0.3, -0.25) is 19.7 Å². The maximum Gasteiger partial charge on any atom is 0.271 e. The Kier molecular flexibility index (Phi) is 4.44. The van der Waals surface area contributed by atoms with Crippen LogP contribution >= 0.6 is 0 Å². The normalized spacial score (nSPS) is 11.3. The maximum atomic E-state index is 12.1. The molecule has 0 spiro atoms. The third-order valence-corrected chi connectivity index (χ3v) is 3.52. The fourth-order valence-electron chi connectivity index (χ4n) is 2.23. The van der Waals surface area contributed by atoms with Gasteiger partial charge in [0.2, 0.25) is 5.55 Å². The van der Waals surface area contributed by atoms with E-state index in [0.29, 0.717) is 11.0 Å². The summed E-state index contributed by atoms with van der Waals surface area (Å²) in [5.41, 5.74) is 7.90. The van der Waals surface area contributed by atoms with E-state index in [2.05, 4.69) is 10.5 Å². The highest BCUT2D eigenvalue weighted by Crippen LogP contribution is 2.13. The smallest absolute Gasteiger partial charge is 0.271 e. The van der Waals surface area contributed by atoms with Crippen molar-refractivity contribution >= 4 is 28.5 Å². The first-order valence-corrected chi connectivity index (χ1v) is 7.37. The van der Waals surface area contributed by atoms with E-state index in [9.17, 15) is 19.7 Å². The van der Waals surface area contributed by atoms with Crippen molar-refractivity contribution in [3.63, 3.8) is 0 Å². The second kappa shape index (κ2) is 6.85. The molecule has 1 aromatic heterocycles. The van der Waals surface area contributed by atoms with E-state index in [-0.39, 0.29) is 22.4 Å². The first-order valence-electron chi connectivity index (χ1n) is 7.37. The van der Waals surface area contributed by atoms with Crippen molar-refractivity contribution in [2.24, 2.45) is 10.8 Å². The zero-order valence-corrected chi connectivity index (χ0v) is 13.2. The van der Waals surface area contributed by atoms with Gasteiger partial charge in [0.1, 0.15) is 11.1 Å². The quantitative estimate of drug-likeness (QED) is 0.543. The van der Waals surface area contributed by atoms with E-state index in [1.165, 1.54) is 30.3 Å². The number of carbonyl (C=O) groups excluding carboxylic acids is 2. The summed E-state index contributed by atoms with van der Waals surface area (Å²) in [5.74, 6) is -1.39. The lowest BCUT2D eigenvalue weighted by atomic mass is 10.2. The van der Waals surface area contributed by atoms with Crippen LogP contribution in [0.1, 0.15) is 20.7 Å². The number of primary amides is 1. The van der Waals surface area contributed by atoms with Gasteiger partial charge in [0.15, 0.2) is 0 Å². The van der Waals surface area contributed by atoms with Gasteiger partial charge in [-0.25, -0.2) is 5.43 Å². The van der Waals surface area contributed by atoms with Crippen molar-refractivity contribution in [2.45, 2.75) is 0 Å². The van der Waals surface area contributed by atoms with Gasteiger partial charge >= 0.3 is 0 Å². The van der Waals surface area contributed by atoms with E-state index >= 15 is 0 Å². The van der Waals surface area contributed by atoms with Gasteiger partial charge in [0.05, 0.1) is 4.92 Å². The summed E-state index contributed by atoms with van der Waals surface area (Å²) in [4.78, 5) is 33.8. The molecule has 2 amide bonds. The molecule has 3 aromatic rings.